The predicted octanol–water partition coefficient (Wildman–Crippen LogP) is 3.26. The zero-order valence-corrected chi connectivity index (χ0v) is 13.7. The van der Waals surface area contributed by atoms with Crippen LogP contribution in [0.1, 0.15) is 33.3 Å². The van der Waals surface area contributed by atoms with Crippen LogP contribution in [0.4, 0.5) is 0 Å². The van der Waals surface area contributed by atoms with Crippen LogP contribution in [-0.2, 0) is 25.6 Å². The van der Waals surface area contributed by atoms with E-state index in [1.54, 1.807) is 13.8 Å². The van der Waals surface area contributed by atoms with E-state index in [2.05, 4.69) is 0 Å². The molecule has 4 nitrogen and oxygen atoms in total. The number of hydrogen-bond acceptors (Lipinski definition) is 4. The number of hydrogen-bond donors (Lipinski definition) is 0. The second-order valence-corrected chi connectivity index (χ2v) is 6.02. The molecular weight excluding hydrogens is 280 g/mol. The summed E-state index contributed by atoms with van der Waals surface area (Å²) in [6, 6.07) is 9.82. The van der Waals surface area contributed by atoms with Gasteiger partial charge in [-0.15, -0.1) is 0 Å². The molecule has 22 heavy (non-hydrogen) atoms. The van der Waals surface area contributed by atoms with E-state index in [9.17, 15) is 4.79 Å². The highest BCUT2D eigenvalue weighted by molar-refractivity contribution is 5.98. The maximum absolute atomic E-state index is 12.3. The molecule has 0 bridgehead atoms. The summed E-state index contributed by atoms with van der Waals surface area (Å²) in [5, 5.41) is 0. The Hall–Kier alpha value is -1.49. The van der Waals surface area contributed by atoms with Crippen molar-refractivity contribution < 1.29 is 19.0 Å². The Morgan fingerprint density at radius 2 is 2.09 bits per heavy atom. The molecule has 0 radical (unpaired) electrons. The van der Waals surface area contributed by atoms with E-state index in [0.29, 0.717) is 18.8 Å². The standard InChI is InChI=1S/C18H24O4/c1-13(10-16-12-21-18(3,4)22-16)17(19)14(2)20-11-15-8-6-5-7-9-15/h5-10,14,16H,11-12H2,1-4H3/b13-10+/t14-,16-/m0/s1. The Balaban J connectivity index is 1.87. The summed E-state index contributed by atoms with van der Waals surface area (Å²) in [7, 11) is 0. The largest absolute Gasteiger partial charge is 0.366 e. The second-order valence-electron chi connectivity index (χ2n) is 6.02. The van der Waals surface area contributed by atoms with Crippen LogP contribution in [-0.4, -0.2) is 30.4 Å². The van der Waals surface area contributed by atoms with Gasteiger partial charge in [0.25, 0.3) is 0 Å². The zero-order valence-electron chi connectivity index (χ0n) is 13.7. The molecule has 120 valence electrons. The SMILES string of the molecule is C/C(=C\[C@H]1COC(C)(C)O1)C(=O)[C@H](C)OCc1ccccc1. The molecule has 0 aromatic heterocycles. The van der Waals surface area contributed by atoms with Crippen LogP contribution in [0.25, 0.3) is 0 Å². The Morgan fingerprint density at radius 1 is 1.41 bits per heavy atom. The van der Waals surface area contributed by atoms with Gasteiger partial charge in [0, 0.05) is 0 Å². The van der Waals surface area contributed by atoms with Gasteiger partial charge in [-0.3, -0.25) is 4.79 Å². The fourth-order valence-electron chi connectivity index (χ4n) is 2.35. The third-order valence-corrected chi connectivity index (χ3v) is 3.57. The van der Waals surface area contributed by atoms with Gasteiger partial charge in [0.2, 0.25) is 0 Å². The molecule has 4 heteroatoms. The fraction of sp³-hybridized carbons (Fsp3) is 0.500. The van der Waals surface area contributed by atoms with Crippen molar-refractivity contribution in [1.82, 2.24) is 0 Å². The molecule has 1 aliphatic heterocycles. The van der Waals surface area contributed by atoms with Crippen molar-refractivity contribution in [2.45, 2.75) is 52.3 Å². The number of ketones is 1. The lowest BCUT2D eigenvalue weighted by Gasteiger charge is -2.16. The second kappa shape index (κ2) is 7.18. The summed E-state index contributed by atoms with van der Waals surface area (Å²) in [5.41, 5.74) is 1.70. The summed E-state index contributed by atoms with van der Waals surface area (Å²) < 4.78 is 16.8. The highest BCUT2D eigenvalue weighted by Gasteiger charge is 2.32. The number of ether oxygens (including phenoxy) is 3. The van der Waals surface area contributed by atoms with Crippen LogP contribution in [0.3, 0.4) is 0 Å². The van der Waals surface area contributed by atoms with E-state index in [-0.39, 0.29) is 11.9 Å². The van der Waals surface area contributed by atoms with Gasteiger partial charge in [-0.25, -0.2) is 0 Å². The van der Waals surface area contributed by atoms with E-state index in [1.165, 1.54) is 0 Å². The number of rotatable bonds is 6. The molecule has 0 N–H and O–H groups in total. The molecule has 0 saturated carbocycles. The minimum atomic E-state index is -0.583. The molecule has 1 fully saturated rings. The van der Waals surface area contributed by atoms with Crippen molar-refractivity contribution in [3.8, 4) is 0 Å². The molecule has 1 aliphatic rings. The molecule has 2 rings (SSSR count). The van der Waals surface area contributed by atoms with Crippen LogP contribution in [0.2, 0.25) is 0 Å². The average Bonchev–Trinajstić information content (AvgIpc) is 2.83. The van der Waals surface area contributed by atoms with Crippen molar-refractivity contribution in [2.24, 2.45) is 0 Å². The molecule has 1 heterocycles. The first-order chi connectivity index (χ1) is 10.4. The molecule has 0 amide bonds. The van der Waals surface area contributed by atoms with Crippen molar-refractivity contribution in [2.75, 3.05) is 6.61 Å². The van der Waals surface area contributed by atoms with E-state index in [1.807, 2.05) is 50.3 Å². The van der Waals surface area contributed by atoms with Crippen molar-refractivity contribution in [3.05, 3.63) is 47.5 Å². The van der Waals surface area contributed by atoms with Crippen molar-refractivity contribution in [1.29, 1.82) is 0 Å². The van der Waals surface area contributed by atoms with E-state index in [0.717, 1.165) is 5.56 Å². The summed E-state index contributed by atoms with van der Waals surface area (Å²) in [6.07, 6.45) is 1.16. The van der Waals surface area contributed by atoms with Crippen LogP contribution in [0.5, 0.6) is 0 Å². The lowest BCUT2D eigenvalue weighted by atomic mass is 10.1. The molecule has 0 unspecified atom stereocenters. The van der Waals surface area contributed by atoms with Gasteiger partial charge in [-0.05, 0) is 44.9 Å². The monoisotopic (exact) mass is 304 g/mol. The quantitative estimate of drug-likeness (QED) is 0.757. The number of carbonyl (C=O) groups excluding carboxylic acids is 1. The molecule has 1 aromatic carbocycles. The van der Waals surface area contributed by atoms with Crippen LogP contribution >= 0.6 is 0 Å². The van der Waals surface area contributed by atoms with E-state index < -0.39 is 11.9 Å². The summed E-state index contributed by atoms with van der Waals surface area (Å²) in [5.74, 6) is -0.607. The number of benzene rings is 1. The fourth-order valence-corrected chi connectivity index (χ4v) is 2.35. The van der Waals surface area contributed by atoms with Gasteiger partial charge in [-0.2, -0.15) is 0 Å². The Kier molecular flexibility index (Phi) is 5.51. The highest BCUT2D eigenvalue weighted by atomic mass is 16.7. The average molecular weight is 304 g/mol. The first-order valence-electron chi connectivity index (χ1n) is 7.57. The van der Waals surface area contributed by atoms with E-state index in [4.69, 9.17) is 14.2 Å². The van der Waals surface area contributed by atoms with Gasteiger partial charge < -0.3 is 14.2 Å². The maximum atomic E-state index is 12.3. The minimum absolute atomic E-state index is 0.0239. The third kappa shape index (κ3) is 4.77. The lowest BCUT2D eigenvalue weighted by molar-refractivity contribution is -0.133. The first kappa shape index (κ1) is 16.9. The van der Waals surface area contributed by atoms with Gasteiger partial charge >= 0.3 is 0 Å². The Bertz CT molecular complexity index is 533. The maximum Gasteiger partial charge on any atom is 0.186 e. The van der Waals surface area contributed by atoms with Gasteiger partial charge in [0.05, 0.1) is 13.2 Å². The van der Waals surface area contributed by atoms with Crippen LogP contribution in [0.15, 0.2) is 42.0 Å². The Labute approximate surface area is 132 Å². The van der Waals surface area contributed by atoms with Crippen molar-refractivity contribution >= 4 is 5.78 Å². The summed E-state index contributed by atoms with van der Waals surface area (Å²) >= 11 is 0. The zero-order chi connectivity index (χ0) is 16.2. The topological polar surface area (TPSA) is 44.8 Å². The normalized spacial score (nSPS) is 22.5. The number of carbonyl (C=O) groups is 1. The number of Topliss-reactive ketones (excluding diaryl/α,β-unsaturated/α-hetero) is 1. The molecule has 1 aromatic rings. The molecule has 0 aliphatic carbocycles. The van der Waals surface area contributed by atoms with Gasteiger partial charge in [0.15, 0.2) is 11.6 Å². The smallest absolute Gasteiger partial charge is 0.186 e. The Morgan fingerprint density at radius 3 is 2.68 bits per heavy atom. The first-order valence-corrected chi connectivity index (χ1v) is 7.57. The molecule has 0 spiro atoms. The predicted molar refractivity (Wildman–Crippen MR) is 84.4 cm³/mol. The molecule has 1 saturated heterocycles. The van der Waals surface area contributed by atoms with E-state index >= 15 is 0 Å². The minimum Gasteiger partial charge on any atom is -0.366 e. The summed E-state index contributed by atoms with van der Waals surface area (Å²) in [6.45, 7) is 8.19. The van der Waals surface area contributed by atoms with Crippen LogP contribution in [0, 0.1) is 0 Å². The van der Waals surface area contributed by atoms with Gasteiger partial charge in [0.1, 0.15) is 12.2 Å². The molecular formula is C18H24O4. The summed E-state index contributed by atoms with van der Waals surface area (Å²) in [4.78, 5) is 12.3. The highest BCUT2D eigenvalue weighted by Crippen LogP contribution is 2.24. The third-order valence-electron chi connectivity index (χ3n) is 3.57. The van der Waals surface area contributed by atoms with Crippen molar-refractivity contribution in [3.63, 3.8) is 0 Å². The lowest BCUT2D eigenvalue weighted by Crippen LogP contribution is -2.23. The van der Waals surface area contributed by atoms with Crippen LogP contribution < -0.4 is 0 Å². The van der Waals surface area contributed by atoms with Gasteiger partial charge in [-0.1, -0.05) is 30.3 Å². The molecule has 2 atom stereocenters.